The number of ether oxygens (including phenoxy) is 1. The Bertz CT molecular complexity index is 421. The predicted octanol–water partition coefficient (Wildman–Crippen LogP) is 2.39. The van der Waals surface area contributed by atoms with Crippen LogP contribution >= 0.6 is 0 Å². The molecule has 1 aromatic rings. The standard InChI is InChI=1S/C13H20N2O3/c1-9(10(2)14-3)7-11-5-6-13(18-4)12(8-11)15(16)17/h5-6,8-10,14H,7H2,1-4H3. The van der Waals surface area contributed by atoms with Crippen molar-refractivity contribution in [3.8, 4) is 5.75 Å². The van der Waals surface area contributed by atoms with Crippen LogP contribution in [0.25, 0.3) is 0 Å². The van der Waals surface area contributed by atoms with Gasteiger partial charge in [-0.3, -0.25) is 10.1 Å². The number of nitrogens with one attached hydrogen (secondary N) is 1. The summed E-state index contributed by atoms with van der Waals surface area (Å²) >= 11 is 0. The van der Waals surface area contributed by atoms with E-state index < -0.39 is 4.92 Å². The number of nitro benzene ring substituents is 1. The zero-order valence-corrected chi connectivity index (χ0v) is 11.3. The summed E-state index contributed by atoms with van der Waals surface area (Å²) in [4.78, 5) is 10.5. The summed E-state index contributed by atoms with van der Waals surface area (Å²) in [5.74, 6) is 0.709. The molecule has 0 fully saturated rings. The third-order valence-electron chi connectivity index (χ3n) is 3.31. The fourth-order valence-electron chi connectivity index (χ4n) is 1.84. The molecule has 2 unspecified atom stereocenters. The molecule has 5 heteroatoms. The third kappa shape index (κ3) is 3.43. The van der Waals surface area contributed by atoms with Crippen molar-refractivity contribution in [3.63, 3.8) is 0 Å². The zero-order chi connectivity index (χ0) is 13.7. The average Bonchev–Trinajstić information content (AvgIpc) is 2.37. The van der Waals surface area contributed by atoms with Crippen molar-refractivity contribution in [1.82, 2.24) is 5.32 Å². The molecular weight excluding hydrogens is 232 g/mol. The second-order valence-electron chi connectivity index (χ2n) is 4.52. The Labute approximate surface area is 107 Å². The van der Waals surface area contributed by atoms with Crippen LogP contribution in [0, 0.1) is 16.0 Å². The fourth-order valence-corrected chi connectivity index (χ4v) is 1.84. The molecule has 0 heterocycles. The minimum absolute atomic E-state index is 0.0271. The van der Waals surface area contributed by atoms with Crippen molar-refractivity contribution in [2.24, 2.45) is 5.92 Å². The molecule has 100 valence electrons. The minimum atomic E-state index is -0.408. The van der Waals surface area contributed by atoms with Crippen LogP contribution in [0.15, 0.2) is 18.2 Å². The van der Waals surface area contributed by atoms with E-state index in [9.17, 15) is 10.1 Å². The fraction of sp³-hybridized carbons (Fsp3) is 0.538. The topological polar surface area (TPSA) is 64.4 Å². The van der Waals surface area contributed by atoms with Crippen molar-refractivity contribution >= 4 is 5.69 Å². The van der Waals surface area contributed by atoms with Crippen molar-refractivity contribution in [2.75, 3.05) is 14.2 Å². The van der Waals surface area contributed by atoms with E-state index in [0.29, 0.717) is 17.7 Å². The Balaban J connectivity index is 2.91. The van der Waals surface area contributed by atoms with Gasteiger partial charge in [-0.25, -0.2) is 0 Å². The molecule has 0 saturated carbocycles. The van der Waals surface area contributed by atoms with E-state index in [4.69, 9.17) is 4.74 Å². The van der Waals surface area contributed by atoms with E-state index in [1.54, 1.807) is 12.1 Å². The summed E-state index contributed by atoms with van der Waals surface area (Å²) in [5.41, 5.74) is 0.983. The Morgan fingerprint density at radius 2 is 2.11 bits per heavy atom. The molecular formula is C13H20N2O3. The predicted molar refractivity (Wildman–Crippen MR) is 71.0 cm³/mol. The van der Waals surface area contributed by atoms with E-state index in [-0.39, 0.29) is 5.69 Å². The lowest BCUT2D eigenvalue weighted by atomic mass is 9.95. The molecule has 0 amide bonds. The van der Waals surface area contributed by atoms with Gasteiger partial charge in [0.2, 0.25) is 0 Å². The van der Waals surface area contributed by atoms with Gasteiger partial charge in [-0.1, -0.05) is 13.0 Å². The molecule has 0 radical (unpaired) electrons. The molecule has 0 aliphatic rings. The van der Waals surface area contributed by atoms with Gasteiger partial charge in [0.25, 0.3) is 0 Å². The van der Waals surface area contributed by atoms with E-state index in [0.717, 1.165) is 12.0 Å². The Kier molecular flexibility index (Phi) is 5.09. The first-order valence-corrected chi connectivity index (χ1v) is 5.98. The van der Waals surface area contributed by atoms with Crippen LogP contribution < -0.4 is 10.1 Å². The second-order valence-corrected chi connectivity index (χ2v) is 4.52. The first kappa shape index (κ1) is 14.4. The van der Waals surface area contributed by atoms with Gasteiger partial charge in [0.15, 0.2) is 5.75 Å². The van der Waals surface area contributed by atoms with Gasteiger partial charge in [-0.05, 0) is 37.9 Å². The Morgan fingerprint density at radius 1 is 1.44 bits per heavy atom. The number of benzene rings is 1. The van der Waals surface area contributed by atoms with Crippen LogP contribution in [-0.2, 0) is 6.42 Å². The van der Waals surface area contributed by atoms with E-state index in [1.165, 1.54) is 7.11 Å². The number of nitro groups is 1. The number of hydrogen-bond acceptors (Lipinski definition) is 4. The van der Waals surface area contributed by atoms with Gasteiger partial charge in [0.1, 0.15) is 0 Å². The normalized spacial score (nSPS) is 14.0. The molecule has 1 rings (SSSR count). The lowest BCUT2D eigenvalue weighted by molar-refractivity contribution is -0.385. The Hall–Kier alpha value is -1.62. The smallest absolute Gasteiger partial charge is 0.311 e. The van der Waals surface area contributed by atoms with Crippen LogP contribution in [0.3, 0.4) is 0 Å². The van der Waals surface area contributed by atoms with Gasteiger partial charge >= 0.3 is 5.69 Å². The molecule has 5 nitrogen and oxygen atoms in total. The molecule has 1 aromatic carbocycles. The van der Waals surface area contributed by atoms with Crippen LogP contribution in [0.2, 0.25) is 0 Å². The zero-order valence-electron chi connectivity index (χ0n) is 11.3. The number of methoxy groups -OCH3 is 1. The summed E-state index contributed by atoms with van der Waals surface area (Å²) < 4.78 is 4.98. The molecule has 18 heavy (non-hydrogen) atoms. The van der Waals surface area contributed by atoms with E-state index in [1.807, 2.05) is 13.1 Å². The van der Waals surface area contributed by atoms with Gasteiger partial charge in [-0.2, -0.15) is 0 Å². The van der Waals surface area contributed by atoms with Crippen LogP contribution in [0.1, 0.15) is 19.4 Å². The van der Waals surface area contributed by atoms with Crippen LogP contribution in [0.4, 0.5) is 5.69 Å². The molecule has 0 aliphatic heterocycles. The van der Waals surface area contributed by atoms with Gasteiger partial charge < -0.3 is 10.1 Å². The molecule has 0 aliphatic carbocycles. The quantitative estimate of drug-likeness (QED) is 0.623. The van der Waals surface area contributed by atoms with Gasteiger partial charge in [0.05, 0.1) is 12.0 Å². The highest BCUT2D eigenvalue weighted by atomic mass is 16.6. The van der Waals surface area contributed by atoms with Crippen LogP contribution in [0.5, 0.6) is 5.75 Å². The van der Waals surface area contributed by atoms with Gasteiger partial charge in [-0.15, -0.1) is 0 Å². The SMILES string of the molecule is CNC(C)C(C)Cc1ccc(OC)c([N+](=O)[O-])c1. The van der Waals surface area contributed by atoms with Crippen molar-refractivity contribution in [3.05, 3.63) is 33.9 Å². The molecule has 0 aromatic heterocycles. The lowest BCUT2D eigenvalue weighted by Gasteiger charge is -2.19. The lowest BCUT2D eigenvalue weighted by Crippen LogP contribution is -2.29. The highest BCUT2D eigenvalue weighted by Crippen LogP contribution is 2.28. The maximum atomic E-state index is 10.9. The molecule has 0 spiro atoms. The number of nitrogens with zero attached hydrogens (tertiary/aromatic N) is 1. The summed E-state index contributed by atoms with van der Waals surface area (Å²) in [6, 6.07) is 5.50. The average molecular weight is 252 g/mol. The molecule has 0 saturated heterocycles. The first-order chi connectivity index (χ1) is 8.49. The highest BCUT2D eigenvalue weighted by molar-refractivity contribution is 5.48. The third-order valence-corrected chi connectivity index (χ3v) is 3.31. The van der Waals surface area contributed by atoms with Crippen molar-refractivity contribution in [2.45, 2.75) is 26.3 Å². The maximum absolute atomic E-state index is 10.9. The summed E-state index contributed by atoms with van der Waals surface area (Å²) in [7, 11) is 3.35. The number of rotatable bonds is 6. The number of hydrogen-bond donors (Lipinski definition) is 1. The van der Waals surface area contributed by atoms with Crippen LogP contribution in [-0.4, -0.2) is 25.1 Å². The van der Waals surface area contributed by atoms with Gasteiger partial charge in [0, 0.05) is 12.1 Å². The van der Waals surface area contributed by atoms with E-state index >= 15 is 0 Å². The monoisotopic (exact) mass is 252 g/mol. The van der Waals surface area contributed by atoms with Crippen molar-refractivity contribution in [1.29, 1.82) is 0 Å². The Morgan fingerprint density at radius 3 is 2.61 bits per heavy atom. The highest BCUT2D eigenvalue weighted by Gasteiger charge is 2.17. The summed E-state index contributed by atoms with van der Waals surface area (Å²) in [6.45, 7) is 4.22. The molecule has 0 bridgehead atoms. The maximum Gasteiger partial charge on any atom is 0.311 e. The summed E-state index contributed by atoms with van der Waals surface area (Å²) in [6.07, 6.45) is 0.798. The second kappa shape index (κ2) is 6.35. The minimum Gasteiger partial charge on any atom is -0.490 e. The molecule has 1 N–H and O–H groups in total. The largest absolute Gasteiger partial charge is 0.490 e. The first-order valence-electron chi connectivity index (χ1n) is 5.98. The van der Waals surface area contributed by atoms with Crippen molar-refractivity contribution < 1.29 is 9.66 Å². The van der Waals surface area contributed by atoms with E-state index in [2.05, 4.69) is 19.2 Å². The molecule has 2 atom stereocenters. The summed E-state index contributed by atoms with van der Waals surface area (Å²) in [5, 5.41) is 14.1.